The molecule has 5 heteroatoms. The van der Waals surface area contributed by atoms with Gasteiger partial charge in [0.1, 0.15) is 11.2 Å². The number of hydrogen-bond acceptors (Lipinski definition) is 5. The molecule has 10 aromatic rings. The number of furan rings is 1. The lowest BCUT2D eigenvalue weighted by molar-refractivity contribution is 0.672. The number of aromatic nitrogens is 3. The van der Waals surface area contributed by atoms with Crippen LogP contribution in [0.4, 0.5) is 17.1 Å². The van der Waals surface area contributed by atoms with Crippen molar-refractivity contribution in [2.45, 2.75) is 0 Å². The van der Waals surface area contributed by atoms with Crippen LogP contribution in [-0.4, -0.2) is 15.0 Å². The van der Waals surface area contributed by atoms with Crippen molar-refractivity contribution in [2.24, 2.45) is 0 Å². The number of nitrogens with zero attached hydrogens (tertiary/aromatic N) is 4. The van der Waals surface area contributed by atoms with Gasteiger partial charge in [-0.3, -0.25) is 0 Å². The fourth-order valence-corrected chi connectivity index (χ4v) is 7.36. The number of hydrogen-bond donors (Lipinski definition) is 0. The van der Waals surface area contributed by atoms with E-state index in [9.17, 15) is 0 Å². The molecule has 0 aliphatic rings. The van der Waals surface area contributed by atoms with Crippen LogP contribution in [0.15, 0.2) is 199 Å². The lowest BCUT2D eigenvalue weighted by Crippen LogP contribution is -2.10. The Hall–Kier alpha value is -7.37. The van der Waals surface area contributed by atoms with E-state index in [1.54, 1.807) is 0 Å². The second kappa shape index (κ2) is 13.3. The number of fused-ring (bicyclic) bond motifs is 5. The maximum absolute atomic E-state index is 6.74. The fourth-order valence-electron chi connectivity index (χ4n) is 7.36. The van der Waals surface area contributed by atoms with E-state index in [2.05, 4.69) is 126 Å². The van der Waals surface area contributed by atoms with Crippen LogP contribution in [0, 0.1) is 0 Å². The van der Waals surface area contributed by atoms with Crippen LogP contribution < -0.4 is 4.90 Å². The topological polar surface area (TPSA) is 55.1 Å². The summed E-state index contributed by atoms with van der Waals surface area (Å²) in [6.07, 6.45) is 0. The highest BCUT2D eigenvalue weighted by Crippen LogP contribution is 2.46. The van der Waals surface area contributed by atoms with E-state index in [4.69, 9.17) is 19.4 Å². The number of benzene rings is 8. The van der Waals surface area contributed by atoms with Gasteiger partial charge in [-0.25, -0.2) is 15.0 Å². The lowest BCUT2D eigenvalue weighted by atomic mass is 9.93. The van der Waals surface area contributed by atoms with Crippen LogP contribution in [0.3, 0.4) is 0 Å². The van der Waals surface area contributed by atoms with E-state index in [0.29, 0.717) is 17.5 Å². The Balaban J connectivity index is 1.17. The van der Waals surface area contributed by atoms with Crippen molar-refractivity contribution in [3.63, 3.8) is 0 Å². The van der Waals surface area contributed by atoms with Gasteiger partial charge < -0.3 is 9.32 Å². The van der Waals surface area contributed by atoms with Crippen LogP contribution >= 0.6 is 0 Å². The summed E-state index contributed by atoms with van der Waals surface area (Å²) in [6, 6.07) is 66.9. The number of para-hydroxylation sites is 3. The zero-order valence-corrected chi connectivity index (χ0v) is 29.2. The third-order valence-electron chi connectivity index (χ3n) is 9.91. The van der Waals surface area contributed by atoms with Crippen LogP contribution in [0.2, 0.25) is 0 Å². The van der Waals surface area contributed by atoms with Crippen molar-refractivity contribution in [1.82, 2.24) is 15.0 Å². The molecule has 0 saturated heterocycles. The third kappa shape index (κ3) is 5.56. The van der Waals surface area contributed by atoms with Crippen molar-refractivity contribution in [3.8, 4) is 45.3 Å². The zero-order chi connectivity index (χ0) is 35.8. The molecule has 10 rings (SSSR count). The van der Waals surface area contributed by atoms with Gasteiger partial charge in [-0.1, -0.05) is 152 Å². The van der Waals surface area contributed by atoms with Crippen molar-refractivity contribution < 1.29 is 4.42 Å². The quantitative estimate of drug-likeness (QED) is 0.166. The molecule has 0 radical (unpaired) electrons. The predicted molar refractivity (Wildman–Crippen MR) is 221 cm³/mol. The Morgan fingerprint density at radius 3 is 1.41 bits per heavy atom. The molecule has 0 fully saturated rings. The molecule has 0 N–H and O–H groups in total. The minimum atomic E-state index is 0.624. The summed E-state index contributed by atoms with van der Waals surface area (Å²) in [5, 5.41) is 4.31. The van der Waals surface area contributed by atoms with Crippen LogP contribution in [0.25, 0.3) is 78.0 Å². The molecule has 8 aromatic carbocycles. The van der Waals surface area contributed by atoms with Gasteiger partial charge in [-0.05, 0) is 59.0 Å². The molecule has 2 heterocycles. The van der Waals surface area contributed by atoms with E-state index in [1.807, 2.05) is 72.8 Å². The molecule has 0 amide bonds. The van der Waals surface area contributed by atoms with Gasteiger partial charge in [0.05, 0.1) is 5.69 Å². The Labute approximate surface area is 312 Å². The maximum Gasteiger partial charge on any atom is 0.164 e. The molecule has 254 valence electrons. The maximum atomic E-state index is 6.74. The Kier molecular flexibility index (Phi) is 7.73. The minimum absolute atomic E-state index is 0.624. The summed E-state index contributed by atoms with van der Waals surface area (Å²) in [4.78, 5) is 17.1. The summed E-state index contributed by atoms with van der Waals surface area (Å²) in [5.74, 6) is 1.90. The van der Waals surface area contributed by atoms with Crippen LogP contribution in [-0.2, 0) is 0 Å². The molecule has 0 saturated carbocycles. The monoisotopic (exact) mass is 692 g/mol. The Bertz CT molecular complexity index is 2810. The highest BCUT2D eigenvalue weighted by atomic mass is 16.3. The van der Waals surface area contributed by atoms with Crippen molar-refractivity contribution >= 4 is 49.8 Å². The van der Waals surface area contributed by atoms with E-state index < -0.39 is 0 Å². The fraction of sp³-hybridized carbons (Fsp3) is 0. The van der Waals surface area contributed by atoms with E-state index in [-0.39, 0.29) is 0 Å². The molecular formula is C49H32N4O. The van der Waals surface area contributed by atoms with Crippen molar-refractivity contribution in [2.75, 3.05) is 4.90 Å². The number of anilines is 3. The largest absolute Gasteiger partial charge is 0.455 e. The molecule has 0 spiro atoms. The molecule has 54 heavy (non-hydrogen) atoms. The summed E-state index contributed by atoms with van der Waals surface area (Å²) in [6.45, 7) is 0. The molecule has 0 bridgehead atoms. The van der Waals surface area contributed by atoms with E-state index in [0.717, 1.165) is 77.6 Å². The van der Waals surface area contributed by atoms with Gasteiger partial charge in [0.15, 0.2) is 17.5 Å². The second-order valence-electron chi connectivity index (χ2n) is 13.2. The Morgan fingerprint density at radius 1 is 0.370 bits per heavy atom. The Morgan fingerprint density at radius 2 is 0.833 bits per heavy atom. The smallest absolute Gasteiger partial charge is 0.164 e. The predicted octanol–water partition coefficient (Wildman–Crippen LogP) is 13.1. The average Bonchev–Trinajstić information content (AvgIpc) is 3.63. The molecular weight excluding hydrogens is 661 g/mol. The molecule has 2 aromatic heterocycles. The second-order valence-corrected chi connectivity index (χ2v) is 13.2. The minimum Gasteiger partial charge on any atom is -0.455 e. The molecule has 5 nitrogen and oxygen atoms in total. The highest BCUT2D eigenvalue weighted by molar-refractivity contribution is 6.23. The first kappa shape index (κ1) is 31.4. The first-order valence-corrected chi connectivity index (χ1v) is 18.0. The van der Waals surface area contributed by atoms with Gasteiger partial charge >= 0.3 is 0 Å². The SMILES string of the molecule is c1ccc(-c2nc(-c3ccccc3)nc(-c3ccc(-c4cc5c6ccccc6oc5c5c(N(c6ccccc6)c6ccccc6)cccc45)cc3)n2)cc1. The molecule has 0 aliphatic carbocycles. The highest BCUT2D eigenvalue weighted by Gasteiger charge is 2.22. The standard InChI is InChI=1S/C49H32N4O/c1-5-16-34(17-6-1)47-50-48(35-18-7-2-8-19-35)52-49(51-47)36-30-28-33(29-31-36)41-32-42-39-24-13-14-27-44(39)54-46(42)45-40(41)25-15-26-43(45)53(37-20-9-3-10-21-37)38-22-11-4-12-23-38/h1-32H. The number of rotatable bonds is 7. The van der Waals surface area contributed by atoms with Crippen LogP contribution in [0.5, 0.6) is 0 Å². The average molecular weight is 693 g/mol. The summed E-state index contributed by atoms with van der Waals surface area (Å²) in [7, 11) is 0. The summed E-state index contributed by atoms with van der Waals surface area (Å²) >= 11 is 0. The van der Waals surface area contributed by atoms with Gasteiger partial charge in [0, 0.05) is 44.2 Å². The van der Waals surface area contributed by atoms with Crippen LogP contribution in [0.1, 0.15) is 0 Å². The van der Waals surface area contributed by atoms with E-state index >= 15 is 0 Å². The van der Waals surface area contributed by atoms with Gasteiger partial charge in [-0.2, -0.15) is 0 Å². The van der Waals surface area contributed by atoms with Gasteiger partial charge in [0.2, 0.25) is 0 Å². The normalized spacial score (nSPS) is 11.3. The first-order valence-electron chi connectivity index (χ1n) is 18.0. The molecule has 0 aliphatic heterocycles. The summed E-state index contributed by atoms with van der Waals surface area (Å²) < 4.78 is 6.74. The lowest BCUT2D eigenvalue weighted by Gasteiger charge is -2.27. The molecule has 0 atom stereocenters. The van der Waals surface area contributed by atoms with E-state index in [1.165, 1.54) is 0 Å². The van der Waals surface area contributed by atoms with Crippen molar-refractivity contribution in [3.05, 3.63) is 194 Å². The first-order chi connectivity index (χ1) is 26.8. The molecule has 0 unspecified atom stereocenters. The van der Waals surface area contributed by atoms with Crippen molar-refractivity contribution in [1.29, 1.82) is 0 Å². The zero-order valence-electron chi connectivity index (χ0n) is 29.2. The van der Waals surface area contributed by atoms with Gasteiger partial charge in [0.25, 0.3) is 0 Å². The van der Waals surface area contributed by atoms with Gasteiger partial charge in [-0.15, -0.1) is 0 Å². The third-order valence-corrected chi connectivity index (χ3v) is 9.91. The summed E-state index contributed by atoms with van der Waals surface area (Å²) in [5.41, 5.74) is 9.90.